The molecule has 1 aromatic heterocycles. The largest absolute Gasteiger partial charge is 0.395 e. The summed E-state index contributed by atoms with van der Waals surface area (Å²) in [6.45, 7) is 9.26. The molecule has 1 N–H and O–H groups in total. The maximum absolute atomic E-state index is 10.3. The summed E-state index contributed by atoms with van der Waals surface area (Å²) in [4.78, 5) is 17.1. The lowest BCUT2D eigenvalue weighted by atomic mass is 9.72. The Kier molecular flexibility index (Phi) is 5.01. The van der Waals surface area contributed by atoms with E-state index in [1.165, 1.54) is 30.4 Å². The topological polar surface area (TPSA) is 55.0 Å². The maximum Gasteiger partial charge on any atom is 0.301 e. The van der Waals surface area contributed by atoms with Gasteiger partial charge >= 0.3 is 12.5 Å². The average molecular weight is 300 g/mol. The second kappa shape index (κ2) is 6.77. The van der Waals surface area contributed by atoms with E-state index < -0.39 is 0 Å². The number of nitrogens with zero attached hydrogens (tertiary/aromatic N) is 1. The summed E-state index contributed by atoms with van der Waals surface area (Å²) in [5.41, 5.74) is 5.11. The number of ether oxygens (including phenoxy) is 1. The Bertz CT molecular complexity index is 633. The molecule has 1 aliphatic rings. The number of H-pyrrole nitrogens is 1. The molecule has 22 heavy (non-hydrogen) atoms. The van der Waals surface area contributed by atoms with Gasteiger partial charge in [-0.05, 0) is 55.7 Å². The zero-order valence-electron chi connectivity index (χ0n) is 13.8. The van der Waals surface area contributed by atoms with Gasteiger partial charge in [-0.3, -0.25) is 4.79 Å². The van der Waals surface area contributed by atoms with Gasteiger partial charge in [-0.25, -0.2) is 4.98 Å². The number of carbonyl (C=O) groups excluding carboxylic acids is 1. The first-order chi connectivity index (χ1) is 10.4. The highest BCUT2D eigenvalue weighted by Crippen LogP contribution is 2.40. The highest BCUT2D eigenvalue weighted by molar-refractivity contribution is 5.53. The van der Waals surface area contributed by atoms with E-state index in [0.717, 1.165) is 11.3 Å². The third-order valence-corrected chi connectivity index (χ3v) is 4.17. The first-order valence-corrected chi connectivity index (χ1v) is 7.64. The lowest BCUT2D eigenvalue weighted by molar-refractivity contribution is -0.121. The van der Waals surface area contributed by atoms with Crippen LogP contribution in [0.15, 0.2) is 35.1 Å². The molecule has 2 rings (SSSR count). The summed E-state index contributed by atoms with van der Waals surface area (Å²) >= 11 is 0. The minimum absolute atomic E-state index is 0.213. The molecule has 0 fully saturated rings. The van der Waals surface area contributed by atoms with E-state index in [-0.39, 0.29) is 11.4 Å². The molecular formula is C18H24N2O2. The molecule has 0 saturated carbocycles. The molecule has 4 heteroatoms. The van der Waals surface area contributed by atoms with Gasteiger partial charge in [-0.2, -0.15) is 0 Å². The number of carbonyl (C=O) groups is 1. The van der Waals surface area contributed by atoms with Crippen molar-refractivity contribution < 1.29 is 9.53 Å². The lowest BCUT2D eigenvalue weighted by Gasteiger charge is -2.32. The van der Waals surface area contributed by atoms with Crippen LogP contribution in [0.25, 0.3) is 6.08 Å². The van der Waals surface area contributed by atoms with Gasteiger partial charge in [0, 0.05) is 0 Å². The van der Waals surface area contributed by atoms with Crippen molar-refractivity contribution in [2.24, 2.45) is 5.41 Å². The van der Waals surface area contributed by atoms with E-state index in [1.807, 2.05) is 13.0 Å². The van der Waals surface area contributed by atoms with Crippen molar-refractivity contribution in [1.29, 1.82) is 0 Å². The molecule has 1 aliphatic carbocycles. The number of hydrogen-bond donors (Lipinski definition) is 1. The van der Waals surface area contributed by atoms with E-state index in [4.69, 9.17) is 0 Å². The minimum atomic E-state index is 0.213. The predicted molar refractivity (Wildman–Crippen MR) is 88.4 cm³/mol. The fraction of sp³-hybridized carbons (Fsp3) is 0.444. The Morgan fingerprint density at radius 2 is 2.23 bits per heavy atom. The van der Waals surface area contributed by atoms with Crippen molar-refractivity contribution >= 4 is 12.5 Å². The zero-order valence-corrected chi connectivity index (χ0v) is 13.8. The Hall–Kier alpha value is -2.10. The first kappa shape index (κ1) is 16.3. The first-order valence-electron chi connectivity index (χ1n) is 7.64. The summed E-state index contributed by atoms with van der Waals surface area (Å²) in [5.74, 6) is 0. The SMILES string of the molecule is CC(C=CC1=C(C)CCCC1(C)C)=Cc1cnc(OC=O)[nH]1. The highest BCUT2D eigenvalue weighted by Gasteiger charge is 2.26. The third kappa shape index (κ3) is 3.97. The minimum Gasteiger partial charge on any atom is -0.395 e. The second-order valence-corrected chi connectivity index (χ2v) is 6.51. The molecule has 0 unspecified atom stereocenters. The Labute approximate surface area is 132 Å². The molecule has 1 aromatic rings. The monoisotopic (exact) mass is 300 g/mol. The van der Waals surface area contributed by atoms with Crippen molar-refractivity contribution in [3.05, 3.63) is 40.8 Å². The lowest BCUT2D eigenvalue weighted by Crippen LogP contribution is -2.19. The van der Waals surface area contributed by atoms with Gasteiger partial charge in [-0.15, -0.1) is 0 Å². The fourth-order valence-electron chi connectivity index (χ4n) is 3.01. The van der Waals surface area contributed by atoms with E-state index in [9.17, 15) is 4.79 Å². The molecule has 0 amide bonds. The van der Waals surface area contributed by atoms with Gasteiger partial charge in [0.1, 0.15) is 0 Å². The molecule has 0 saturated heterocycles. The van der Waals surface area contributed by atoms with Crippen LogP contribution in [0.4, 0.5) is 0 Å². The number of hydrogen-bond acceptors (Lipinski definition) is 3. The number of aromatic nitrogens is 2. The molecule has 0 bridgehead atoms. The highest BCUT2D eigenvalue weighted by atomic mass is 16.5. The number of allylic oxidation sites excluding steroid dienone is 5. The molecular weight excluding hydrogens is 276 g/mol. The van der Waals surface area contributed by atoms with Crippen LogP contribution in [-0.4, -0.2) is 16.4 Å². The van der Waals surface area contributed by atoms with Gasteiger partial charge in [0.15, 0.2) is 0 Å². The Balaban J connectivity index is 2.14. The van der Waals surface area contributed by atoms with Crippen LogP contribution >= 0.6 is 0 Å². The third-order valence-electron chi connectivity index (χ3n) is 4.17. The quantitative estimate of drug-likeness (QED) is 0.646. The van der Waals surface area contributed by atoms with Crippen LogP contribution in [0.3, 0.4) is 0 Å². The summed E-state index contributed by atoms with van der Waals surface area (Å²) in [6, 6.07) is 0.213. The number of imidazole rings is 1. The van der Waals surface area contributed by atoms with Crippen molar-refractivity contribution in [2.75, 3.05) is 0 Å². The predicted octanol–water partition coefficient (Wildman–Crippen LogP) is 4.43. The number of rotatable bonds is 5. The van der Waals surface area contributed by atoms with Crippen molar-refractivity contribution in [3.63, 3.8) is 0 Å². The van der Waals surface area contributed by atoms with E-state index in [0.29, 0.717) is 6.47 Å². The smallest absolute Gasteiger partial charge is 0.301 e. The molecule has 4 nitrogen and oxygen atoms in total. The summed E-state index contributed by atoms with van der Waals surface area (Å²) in [7, 11) is 0. The van der Waals surface area contributed by atoms with E-state index in [1.54, 1.807) is 6.20 Å². The van der Waals surface area contributed by atoms with Gasteiger partial charge in [0.25, 0.3) is 0 Å². The standard InChI is InChI=1S/C18H24N2O2/c1-13(10-15-11-19-17(20-15)22-12-21)7-8-16-14(2)6-5-9-18(16,3)4/h7-8,10-12H,5-6,9H2,1-4H3,(H,19,20). The van der Waals surface area contributed by atoms with Crippen LogP contribution in [0.2, 0.25) is 0 Å². The van der Waals surface area contributed by atoms with Crippen LogP contribution in [0.1, 0.15) is 52.7 Å². The average Bonchev–Trinajstić information content (AvgIpc) is 2.85. The van der Waals surface area contributed by atoms with Gasteiger partial charge in [0.05, 0.1) is 11.9 Å². The summed E-state index contributed by atoms with van der Waals surface area (Å²) in [5, 5.41) is 0. The normalized spacial score (nSPS) is 18.8. The Morgan fingerprint density at radius 1 is 1.45 bits per heavy atom. The summed E-state index contributed by atoms with van der Waals surface area (Å²) in [6.07, 6.45) is 11.7. The fourth-order valence-corrected chi connectivity index (χ4v) is 3.01. The second-order valence-electron chi connectivity index (χ2n) is 6.51. The number of aromatic amines is 1. The molecule has 0 aliphatic heterocycles. The molecule has 1 heterocycles. The van der Waals surface area contributed by atoms with Crippen molar-refractivity contribution in [2.45, 2.75) is 47.0 Å². The van der Waals surface area contributed by atoms with Crippen LogP contribution in [0.5, 0.6) is 6.01 Å². The zero-order chi connectivity index (χ0) is 16.2. The molecule has 118 valence electrons. The van der Waals surface area contributed by atoms with E-state index >= 15 is 0 Å². The Morgan fingerprint density at radius 3 is 2.91 bits per heavy atom. The van der Waals surface area contributed by atoms with Crippen molar-refractivity contribution in [1.82, 2.24) is 9.97 Å². The molecule has 0 atom stereocenters. The van der Waals surface area contributed by atoms with E-state index in [2.05, 4.69) is 47.6 Å². The van der Waals surface area contributed by atoms with Gasteiger partial charge in [-0.1, -0.05) is 31.6 Å². The van der Waals surface area contributed by atoms with Crippen LogP contribution in [-0.2, 0) is 4.79 Å². The summed E-state index contributed by atoms with van der Waals surface area (Å²) < 4.78 is 4.66. The van der Waals surface area contributed by atoms with Gasteiger partial charge < -0.3 is 9.72 Å². The van der Waals surface area contributed by atoms with Gasteiger partial charge in [0.2, 0.25) is 0 Å². The molecule has 0 spiro atoms. The maximum atomic E-state index is 10.3. The van der Waals surface area contributed by atoms with Crippen LogP contribution in [0, 0.1) is 5.41 Å². The van der Waals surface area contributed by atoms with Crippen LogP contribution < -0.4 is 4.74 Å². The van der Waals surface area contributed by atoms with Crippen molar-refractivity contribution in [3.8, 4) is 6.01 Å². The molecule has 0 radical (unpaired) electrons. The number of nitrogens with one attached hydrogen (secondary N) is 1. The molecule has 0 aromatic carbocycles.